The third-order valence-electron chi connectivity index (χ3n) is 5.22. The van der Waals surface area contributed by atoms with E-state index in [1.165, 1.54) is 24.1 Å². The van der Waals surface area contributed by atoms with Crippen molar-refractivity contribution in [1.82, 2.24) is 9.97 Å². The second-order valence-electron chi connectivity index (χ2n) is 7.08. The zero-order valence-electron chi connectivity index (χ0n) is 15.4. The smallest absolute Gasteiger partial charge is 0.134 e. The lowest BCUT2D eigenvalue weighted by Gasteiger charge is -2.36. The zero-order chi connectivity index (χ0) is 17.8. The maximum Gasteiger partial charge on any atom is 0.134 e. The monoisotopic (exact) mass is 353 g/mol. The van der Waals surface area contributed by atoms with E-state index in [4.69, 9.17) is 4.74 Å². The molecule has 0 amide bonds. The van der Waals surface area contributed by atoms with Crippen LogP contribution in [0, 0.1) is 6.92 Å². The van der Waals surface area contributed by atoms with E-state index in [0.29, 0.717) is 6.04 Å². The molecule has 3 heterocycles. The van der Waals surface area contributed by atoms with Crippen molar-refractivity contribution in [2.45, 2.75) is 25.8 Å². The molecule has 2 saturated heterocycles. The first-order chi connectivity index (χ1) is 12.8. The minimum Gasteiger partial charge on any atom is -0.378 e. The number of morpholine rings is 1. The van der Waals surface area contributed by atoms with E-state index in [9.17, 15) is 0 Å². The molecule has 6 nitrogen and oxygen atoms in total. The van der Waals surface area contributed by atoms with Gasteiger partial charge >= 0.3 is 0 Å². The number of hydrogen-bond donors (Lipinski definition) is 1. The van der Waals surface area contributed by atoms with Crippen LogP contribution in [0.3, 0.4) is 0 Å². The molecule has 1 aromatic heterocycles. The standard InChI is InChI=1S/C20H27N5O/c1-16-5-2-3-7-18(16)25-8-4-6-17(14-25)23-19-13-20(22-15-21-19)24-9-11-26-12-10-24/h2-3,5,7,13,15,17H,4,6,8-12,14H2,1H3,(H,21,22,23)/t17-/m1/s1. The lowest BCUT2D eigenvalue weighted by molar-refractivity contribution is 0.122. The quantitative estimate of drug-likeness (QED) is 0.912. The highest BCUT2D eigenvalue weighted by Crippen LogP contribution is 2.25. The van der Waals surface area contributed by atoms with E-state index in [2.05, 4.69) is 62.3 Å². The first-order valence-corrected chi connectivity index (χ1v) is 9.51. The normalized spacial score (nSPS) is 20.9. The number of nitrogens with one attached hydrogen (secondary N) is 1. The zero-order valence-corrected chi connectivity index (χ0v) is 15.4. The molecule has 0 unspecified atom stereocenters. The fourth-order valence-corrected chi connectivity index (χ4v) is 3.83. The number of rotatable bonds is 4. The minimum absolute atomic E-state index is 0.399. The van der Waals surface area contributed by atoms with Crippen LogP contribution in [0.25, 0.3) is 0 Å². The SMILES string of the molecule is Cc1ccccc1N1CCC[C@@H](Nc2cc(N3CCOCC3)ncn2)C1. The van der Waals surface area contributed by atoms with E-state index in [0.717, 1.165) is 51.0 Å². The third-order valence-corrected chi connectivity index (χ3v) is 5.22. The molecule has 26 heavy (non-hydrogen) atoms. The summed E-state index contributed by atoms with van der Waals surface area (Å²) in [6.07, 6.45) is 4.02. The van der Waals surface area contributed by atoms with E-state index in [1.54, 1.807) is 6.33 Å². The summed E-state index contributed by atoms with van der Waals surface area (Å²) >= 11 is 0. The first kappa shape index (κ1) is 17.1. The Balaban J connectivity index is 1.43. The van der Waals surface area contributed by atoms with Gasteiger partial charge in [-0.15, -0.1) is 0 Å². The molecule has 2 aromatic rings. The molecule has 138 valence electrons. The van der Waals surface area contributed by atoms with Gasteiger partial charge in [0.05, 0.1) is 13.2 Å². The first-order valence-electron chi connectivity index (χ1n) is 9.51. The summed E-state index contributed by atoms with van der Waals surface area (Å²) in [7, 11) is 0. The van der Waals surface area contributed by atoms with Crippen LogP contribution in [0.2, 0.25) is 0 Å². The Hall–Kier alpha value is -2.34. The van der Waals surface area contributed by atoms with Crippen LogP contribution in [-0.2, 0) is 4.74 Å². The van der Waals surface area contributed by atoms with Crippen molar-refractivity contribution in [3.05, 3.63) is 42.2 Å². The summed E-state index contributed by atoms with van der Waals surface area (Å²) in [5.41, 5.74) is 2.68. The molecule has 2 fully saturated rings. The van der Waals surface area contributed by atoms with Crippen molar-refractivity contribution >= 4 is 17.3 Å². The van der Waals surface area contributed by atoms with Gasteiger partial charge in [0.25, 0.3) is 0 Å². The largest absolute Gasteiger partial charge is 0.378 e. The van der Waals surface area contributed by atoms with Crippen molar-refractivity contribution in [3.63, 3.8) is 0 Å². The van der Waals surface area contributed by atoms with Gasteiger partial charge in [0.2, 0.25) is 0 Å². The number of ether oxygens (including phenoxy) is 1. The average Bonchev–Trinajstić information content (AvgIpc) is 2.69. The molecular formula is C20H27N5O. The summed E-state index contributed by atoms with van der Waals surface area (Å²) in [6.45, 7) is 7.61. The summed E-state index contributed by atoms with van der Waals surface area (Å²) < 4.78 is 5.43. The van der Waals surface area contributed by atoms with Gasteiger partial charge in [-0.05, 0) is 31.4 Å². The van der Waals surface area contributed by atoms with Gasteiger partial charge in [-0.25, -0.2) is 9.97 Å². The van der Waals surface area contributed by atoms with Crippen LogP contribution in [0.5, 0.6) is 0 Å². The molecule has 0 bridgehead atoms. The maximum atomic E-state index is 5.43. The number of aryl methyl sites for hydroxylation is 1. The predicted molar refractivity (Wildman–Crippen MR) is 105 cm³/mol. The molecule has 0 saturated carbocycles. The summed E-state index contributed by atoms with van der Waals surface area (Å²) in [5, 5.41) is 3.63. The molecule has 0 spiro atoms. The number of nitrogens with zero attached hydrogens (tertiary/aromatic N) is 4. The molecule has 2 aliphatic rings. The lowest BCUT2D eigenvalue weighted by atomic mass is 10.0. The molecule has 6 heteroatoms. The Kier molecular flexibility index (Phi) is 5.20. The highest BCUT2D eigenvalue weighted by Gasteiger charge is 2.22. The van der Waals surface area contributed by atoms with Crippen molar-refractivity contribution < 1.29 is 4.74 Å². The van der Waals surface area contributed by atoms with Crippen molar-refractivity contribution in [2.75, 3.05) is 54.5 Å². The number of para-hydroxylation sites is 1. The molecule has 1 aromatic carbocycles. The molecule has 0 radical (unpaired) electrons. The topological polar surface area (TPSA) is 53.5 Å². The molecule has 1 N–H and O–H groups in total. The highest BCUT2D eigenvalue weighted by atomic mass is 16.5. The summed E-state index contributed by atoms with van der Waals surface area (Å²) in [4.78, 5) is 13.6. The van der Waals surface area contributed by atoms with Crippen LogP contribution in [-0.4, -0.2) is 55.4 Å². The second-order valence-corrected chi connectivity index (χ2v) is 7.08. The Labute approximate surface area is 155 Å². The van der Waals surface area contributed by atoms with Gasteiger partial charge in [0, 0.05) is 44.0 Å². The molecular weight excluding hydrogens is 326 g/mol. The van der Waals surface area contributed by atoms with Gasteiger partial charge in [-0.2, -0.15) is 0 Å². The van der Waals surface area contributed by atoms with Crippen LogP contribution >= 0.6 is 0 Å². The highest BCUT2D eigenvalue weighted by molar-refractivity contribution is 5.54. The van der Waals surface area contributed by atoms with Crippen LogP contribution in [0.15, 0.2) is 36.7 Å². The molecule has 0 aliphatic carbocycles. The Morgan fingerprint density at radius 2 is 1.92 bits per heavy atom. The maximum absolute atomic E-state index is 5.43. The third kappa shape index (κ3) is 3.90. The number of benzene rings is 1. The van der Waals surface area contributed by atoms with E-state index in [1.807, 2.05) is 0 Å². The fraction of sp³-hybridized carbons (Fsp3) is 0.500. The number of aromatic nitrogens is 2. The Bertz CT molecular complexity index is 732. The van der Waals surface area contributed by atoms with Crippen molar-refractivity contribution in [2.24, 2.45) is 0 Å². The Morgan fingerprint density at radius 3 is 2.77 bits per heavy atom. The van der Waals surface area contributed by atoms with E-state index in [-0.39, 0.29) is 0 Å². The van der Waals surface area contributed by atoms with Crippen molar-refractivity contribution in [1.29, 1.82) is 0 Å². The van der Waals surface area contributed by atoms with Gasteiger partial charge in [-0.3, -0.25) is 0 Å². The van der Waals surface area contributed by atoms with Gasteiger partial charge in [0.1, 0.15) is 18.0 Å². The number of anilines is 3. The predicted octanol–water partition coefficient (Wildman–Crippen LogP) is 2.70. The minimum atomic E-state index is 0.399. The second kappa shape index (κ2) is 7.91. The molecule has 1 atom stereocenters. The number of hydrogen-bond acceptors (Lipinski definition) is 6. The Morgan fingerprint density at radius 1 is 1.08 bits per heavy atom. The van der Waals surface area contributed by atoms with Crippen LogP contribution in [0.1, 0.15) is 18.4 Å². The van der Waals surface area contributed by atoms with Crippen LogP contribution in [0.4, 0.5) is 17.3 Å². The summed E-state index contributed by atoms with van der Waals surface area (Å²) in [5.74, 6) is 1.90. The fourth-order valence-electron chi connectivity index (χ4n) is 3.83. The number of piperidine rings is 1. The molecule has 2 aliphatic heterocycles. The van der Waals surface area contributed by atoms with E-state index < -0.39 is 0 Å². The van der Waals surface area contributed by atoms with Gasteiger partial charge in [-0.1, -0.05) is 18.2 Å². The van der Waals surface area contributed by atoms with Gasteiger partial charge < -0.3 is 19.9 Å². The lowest BCUT2D eigenvalue weighted by Crippen LogP contribution is -2.42. The molecule has 4 rings (SSSR count). The van der Waals surface area contributed by atoms with E-state index >= 15 is 0 Å². The van der Waals surface area contributed by atoms with Crippen LogP contribution < -0.4 is 15.1 Å². The van der Waals surface area contributed by atoms with Crippen molar-refractivity contribution in [3.8, 4) is 0 Å². The summed E-state index contributed by atoms with van der Waals surface area (Å²) in [6, 6.07) is 11.1. The van der Waals surface area contributed by atoms with Gasteiger partial charge in [0.15, 0.2) is 0 Å². The average molecular weight is 353 g/mol.